The second-order valence-electron chi connectivity index (χ2n) is 4.66. The normalized spacial score (nSPS) is 39.7. The van der Waals surface area contributed by atoms with Gasteiger partial charge in [-0.05, 0) is 25.7 Å². The van der Waals surface area contributed by atoms with E-state index in [2.05, 4.69) is 4.90 Å². The molecule has 1 saturated carbocycles. The lowest BCUT2D eigenvalue weighted by molar-refractivity contribution is -0.144. The van der Waals surface area contributed by atoms with E-state index >= 15 is 0 Å². The summed E-state index contributed by atoms with van der Waals surface area (Å²) in [5.41, 5.74) is 0. The minimum absolute atomic E-state index is 0.0266. The van der Waals surface area contributed by atoms with Gasteiger partial charge in [0.05, 0.1) is 25.9 Å². The van der Waals surface area contributed by atoms with Gasteiger partial charge in [0.1, 0.15) is 6.04 Å². The highest BCUT2D eigenvalue weighted by Crippen LogP contribution is 2.49. The van der Waals surface area contributed by atoms with Gasteiger partial charge in [0, 0.05) is 6.04 Å². The van der Waals surface area contributed by atoms with E-state index < -0.39 is 0 Å². The third kappa shape index (κ3) is 1.56. The Hall–Kier alpha value is -0.610. The molecule has 0 amide bonds. The molecule has 3 unspecified atom stereocenters. The molecule has 3 aliphatic rings. The van der Waals surface area contributed by atoms with Crippen LogP contribution in [0, 0.1) is 5.92 Å². The number of nitrogens with zero attached hydrogens (tertiary/aromatic N) is 1. The Balaban J connectivity index is 1.63. The zero-order valence-electron chi connectivity index (χ0n) is 9.02. The van der Waals surface area contributed by atoms with Crippen molar-refractivity contribution in [1.82, 2.24) is 4.90 Å². The topological polar surface area (TPSA) is 38.5 Å². The van der Waals surface area contributed by atoms with E-state index in [-0.39, 0.29) is 12.0 Å². The quantitative estimate of drug-likeness (QED) is 0.499. The molecule has 0 spiro atoms. The van der Waals surface area contributed by atoms with Gasteiger partial charge < -0.3 is 9.47 Å². The van der Waals surface area contributed by atoms with Crippen LogP contribution in [0.15, 0.2) is 0 Å². The molecule has 0 aromatic heterocycles. The van der Waals surface area contributed by atoms with Gasteiger partial charge in [-0.15, -0.1) is 0 Å². The molecular formula is C11H17NO3. The Morgan fingerprint density at radius 3 is 2.67 bits per heavy atom. The van der Waals surface area contributed by atoms with Crippen molar-refractivity contribution in [2.24, 2.45) is 5.92 Å². The summed E-state index contributed by atoms with van der Waals surface area (Å²) in [4.78, 5) is 14.0. The van der Waals surface area contributed by atoms with Crippen LogP contribution in [0.2, 0.25) is 0 Å². The maximum absolute atomic E-state index is 11.7. The molecule has 2 heterocycles. The van der Waals surface area contributed by atoms with Crippen LogP contribution >= 0.6 is 0 Å². The fraction of sp³-hybridized carbons (Fsp3) is 0.909. The van der Waals surface area contributed by atoms with Crippen LogP contribution in [0.5, 0.6) is 0 Å². The number of ether oxygens (including phenoxy) is 2. The molecule has 15 heavy (non-hydrogen) atoms. The van der Waals surface area contributed by atoms with E-state index in [0.29, 0.717) is 18.7 Å². The number of carbonyl (C=O) groups is 1. The highest BCUT2D eigenvalue weighted by Gasteiger charge is 2.62. The van der Waals surface area contributed by atoms with Gasteiger partial charge in [-0.2, -0.15) is 0 Å². The highest BCUT2D eigenvalue weighted by molar-refractivity contribution is 5.80. The SMILES string of the molecule is CCOC(=O)C1C(C2CC2)N1C1COC1. The summed E-state index contributed by atoms with van der Waals surface area (Å²) in [5, 5.41) is 0. The van der Waals surface area contributed by atoms with Crippen molar-refractivity contribution in [2.75, 3.05) is 19.8 Å². The molecule has 0 bridgehead atoms. The first-order valence-corrected chi connectivity index (χ1v) is 5.84. The summed E-state index contributed by atoms with van der Waals surface area (Å²) in [6, 6.07) is 0.995. The fourth-order valence-electron chi connectivity index (χ4n) is 2.56. The monoisotopic (exact) mass is 211 g/mol. The fourth-order valence-corrected chi connectivity index (χ4v) is 2.56. The first kappa shape index (κ1) is 9.60. The van der Waals surface area contributed by atoms with Crippen LogP contribution in [-0.4, -0.2) is 48.8 Å². The zero-order chi connectivity index (χ0) is 10.4. The Morgan fingerprint density at radius 2 is 2.20 bits per heavy atom. The van der Waals surface area contributed by atoms with Crippen molar-refractivity contribution in [1.29, 1.82) is 0 Å². The number of hydrogen-bond donors (Lipinski definition) is 0. The van der Waals surface area contributed by atoms with Crippen LogP contribution in [0.4, 0.5) is 0 Å². The number of esters is 1. The molecule has 84 valence electrons. The van der Waals surface area contributed by atoms with Gasteiger partial charge in [-0.25, -0.2) is 0 Å². The summed E-state index contributed by atoms with van der Waals surface area (Å²) in [7, 11) is 0. The lowest BCUT2D eigenvalue weighted by atomic mass is 10.2. The van der Waals surface area contributed by atoms with Crippen molar-refractivity contribution in [3.05, 3.63) is 0 Å². The van der Waals surface area contributed by atoms with Crippen LogP contribution in [0.25, 0.3) is 0 Å². The van der Waals surface area contributed by atoms with Crippen LogP contribution in [-0.2, 0) is 14.3 Å². The van der Waals surface area contributed by atoms with Gasteiger partial charge >= 0.3 is 5.97 Å². The van der Waals surface area contributed by atoms with Crippen molar-refractivity contribution < 1.29 is 14.3 Å². The van der Waals surface area contributed by atoms with Gasteiger partial charge in [-0.1, -0.05) is 0 Å². The lowest BCUT2D eigenvalue weighted by Gasteiger charge is -2.28. The Bertz CT molecular complexity index is 273. The average Bonchev–Trinajstić information content (AvgIpc) is 2.93. The second-order valence-corrected chi connectivity index (χ2v) is 4.66. The summed E-state index contributed by atoms with van der Waals surface area (Å²) >= 11 is 0. The molecule has 3 fully saturated rings. The first-order valence-electron chi connectivity index (χ1n) is 5.84. The lowest BCUT2D eigenvalue weighted by Crippen LogP contribution is -2.42. The van der Waals surface area contributed by atoms with E-state index in [1.54, 1.807) is 0 Å². The van der Waals surface area contributed by atoms with Crippen molar-refractivity contribution >= 4 is 5.97 Å². The molecular weight excluding hydrogens is 194 g/mol. The number of hydrogen-bond acceptors (Lipinski definition) is 4. The van der Waals surface area contributed by atoms with E-state index in [1.807, 2.05) is 6.92 Å². The van der Waals surface area contributed by atoms with Gasteiger partial charge in [0.25, 0.3) is 0 Å². The van der Waals surface area contributed by atoms with Crippen molar-refractivity contribution in [3.8, 4) is 0 Å². The minimum Gasteiger partial charge on any atom is -0.465 e. The first-order chi connectivity index (χ1) is 7.33. The molecule has 1 aliphatic carbocycles. The van der Waals surface area contributed by atoms with Crippen LogP contribution < -0.4 is 0 Å². The average molecular weight is 211 g/mol. The standard InChI is InChI=1S/C11H17NO3/c1-2-15-11(13)10-9(7-3-4-7)12(10)8-5-14-6-8/h7-10H,2-6H2,1H3. The van der Waals surface area contributed by atoms with Gasteiger partial charge in [-0.3, -0.25) is 9.69 Å². The van der Waals surface area contributed by atoms with E-state index in [9.17, 15) is 4.79 Å². The summed E-state index contributed by atoms with van der Waals surface area (Å²) in [6.45, 7) is 3.93. The highest BCUT2D eigenvalue weighted by atomic mass is 16.5. The van der Waals surface area contributed by atoms with Crippen LogP contribution in [0.1, 0.15) is 19.8 Å². The molecule has 0 aromatic carbocycles. The van der Waals surface area contributed by atoms with Crippen LogP contribution in [0.3, 0.4) is 0 Å². The zero-order valence-corrected chi connectivity index (χ0v) is 9.02. The largest absolute Gasteiger partial charge is 0.465 e. The molecule has 4 nitrogen and oxygen atoms in total. The molecule has 2 saturated heterocycles. The molecule has 3 atom stereocenters. The molecule has 3 rings (SSSR count). The van der Waals surface area contributed by atoms with Crippen molar-refractivity contribution in [2.45, 2.75) is 37.9 Å². The summed E-state index contributed by atoms with van der Waals surface area (Å²) < 4.78 is 10.3. The predicted molar refractivity (Wildman–Crippen MR) is 53.4 cm³/mol. The van der Waals surface area contributed by atoms with Gasteiger partial charge in [0.2, 0.25) is 0 Å². The molecule has 0 N–H and O–H groups in total. The molecule has 0 aromatic rings. The van der Waals surface area contributed by atoms with Gasteiger partial charge in [0.15, 0.2) is 0 Å². The van der Waals surface area contributed by atoms with E-state index in [1.165, 1.54) is 12.8 Å². The minimum atomic E-state index is -0.0266. The third-order valence-corrected chi connectivity index (χ3v) is 3.57. The summed E-state index contributed by atoms with van der Waals surface area (Å²) in [5.74, 6) is 0.723. The smallest absolute Gasteiger partial charge is 0.325 e. The van der Waals surface area contributed by atoms with E-state index in [4.69, 9.17) is 9.47 Å². The maximum atomic E-state index is 11.7. The summed E-state index contributed by atoms with van der Waals surface area (Å²) in [6.07, 6.45) is 2.56. The third-order valence-electron chi connectivity index (χ3n) is 3.57. The Morgan fingerprint density at radius 1 is 1.47 bits per heavy atom. The predicted octanol–water partition coefficient (Wildman–Crippen LogP) is 0.411. The maximum Gasteiger partial charge on any atom is 0.325 e. The second kappa shape index (κ2) is 3.46. The molecule has 2 aliphatic heterocycles. The molecule has 4 heteroatoms. The number of carbonyl (C=O) groups excluding carboxylic acids is 1. The van der Waals surface area contributed by atoms with E-state index in [0.717, 1.165) is 19.1 Å². The Labute approximate surface area is 89.5 Å². The van der Waals surface area contributed by atoms with Crippen molar-refractivity contribution in [3.63, 3.8) is 0 Å². The molecule has 0 radical (unpaired) electrons. The Kier molecular flexibility index (Phi) is 2.21. The number of rotatable bonds is 4.